The van der Waals surface area contributed by atoms with Crippen molar-refractivity contribution in [1.82, 2.24) is 0 Å². The van der Waals surface area contributed by atoms with Crippen molar-refractivity contribution in [3.8, 4) is 17.2 Å². The van der Waals surface area contributed by atoms with Gasteiger partial charge >= 0.3 is 20.2 Å². The highest BCUT2D eigenvalue weighted by Crippen LogP contribution is 2.42. The number of phenols is 1. The van der Waals surface area contributed by atoms with E-state index in [0.29, 0.717) is 0 Å². The minimum atomic E-state index is -4.49. The molecule has 1 heterocycles. The summed E-state index contributed by atoms with van der Waals surface area (Å²) in [6, 6.07) is 6.66. The third-order valence-electron chi connectivity index (χ3n) is 2.86. The van der Waals surface area contributed by atoms with E-state index < -0.39 is 30.0 Å². The molecule has 0 atom stereocenters. The van der Waals surface area contributed by atoms with Gasteiger partial charge in [0.2, 0.25) is 0 Å². The topological polar surface area (TPSA) is 107 Å². The number of phenolic OH excluding ortho intramolecular Hbond substituents is 1. The van der Waals surface area contributed by atoms with Gasteiger partial charge in [-0.15, -0.1) is 0 Å². The number of rotatable bonds is 0. The van der Waals surface area contributed by atoms with Gasteiger partial charge in [0.1, 0.15) is 15.5 Å². The van der Waals surface area contributed by atoms with E-state index in [2.05, 4.69) is 0 Å². The number of hydrogen-bond donors (Lipinski definition) is 1. The lowest BCUT2D eigenvalue weighted by Gasteiger charge is -2.20. The second-order valence-corrected chi connectivity index (χ2v) is 9.58. The molecule has 0 radical (unpaired) electrons. The molecule has 11 heteroatoms. The van der Waals surface area contributed by atoms with Gasteiger partial charge in [0, 0.05) is 3.57 Å². The van der Waals surface area contributed by atoms with Gasteiger partial charge in [0.25, 0.3) is 0 Å². The van der Waals surface area contributed by atoms with Gasteiger partial charge in [-0.05, 0) is 63.4 Å². The van der Waals surface area contributed by atoms with Crippen LogP contribution in [0.4, 0.5) is 0 Å². The zero-order valence-electron chi connectivity index (χ0n) is 10.9. The van der Waals surface area contributed by atoms with Crippen LogP contribution in [0.5, 0.6) is 17.2 Å². The Hall–Kier alpha value is -0.800. The Bertz CT molecular complexity index is 1030. The molecule has 1 N–H and O–H groups in total. The van der Waals surface area contributed by atoms with Gasteiger partial charge in [0.15, 0.2) is 11.5 Å². The standard InChI is InChI=1S/C12H6I2O7S2/c13-6-5-7(15)10(14)12-11(6)22(16,17)20-8-3-1-2-4-9(8)21-23(12,18)19/h1-5,15H. The van der Waals surface area contributed by atoms with Crippen LogP contribution in [0, 0.1) is 7.14 Å². The highest BCUT2D eigenvalue weighted by Gasteiger charge is 2.38. The lowest BCUT2D eigenvalue weighted by Crippen LogP contribution is -2.23. The summed E-state index contributed by atoms with van der Waals surface area (Å²) in [7, 11) is -8.93. The zero-order chi connectivity index (χ0) is 17.0. The highest BCUT2D eigenvalue weighted by molar-refractivity contribution is 14.1. The van der Waals surface area contributed by atoms with Gasteiger partial charge in [-0.1, -0.05) is 12.1 Å². The average Bonchev–Trinajstić information content (AvgIpc) is 2.42. The summed E-state index contributed by atoms with van der Waals surface area (Å²) in [6.45, 7) is 0. The summed E-state index contributed by atoms with van der Waals surface area (Å²) in [5, 5.41) is 9.85. The summed E-state index contributed by atoms with van der Waals surface area (Å²) in [5.74, 6) is -0.860. The Morgan fingerprint density at radius 2 is 1.35 bits per heavy atom. The Balaban J connectivity index is 2.47. The van der Waals surface area contributed by atoms with E-state index in [0.717, 1.165) is 6.07 Å². The number of aromatic hydroxyl groups is 1. The monoisotopic (exact) mass is 580 g/mol. The first-order valence-electron chi connectivity index (χ1n) is 5.82. The molecule has 1 aliphatic heterocycles. The van der Waals surface area contributed by atoms with Gasteiger partial charge in [-0.2, -0.15) is 16.8 Å². The summed E-state index contributed by atoms with van der Waals surface area (Å²) < 4.78 is 60.1. The lowest BCUT2D eigenvalue weighted by atomic mass is 10.3. The molecule has 0 bridgehead atoms. The van der Waals surface area contributed by atoms with Crippen LogP contribution in [-0.4, -0.2) is 21.9 Å². The molecule has 0 saturated heterocycles. The predicted octanol–water partition coefficient (Wildman–Crippen LogP) is 2.45. The maximum Gasteiger partial charge on any atom is 0.342 e. The van der Waals surface area contributed by atoms with Crippen LogP contribution in [0.1, 0.15) is 0 Å². The second-order valence-electron chi connectivity index (χ2n) is 4.37. The molecule has 0 saturated carbocycles. The van der Waals surface area contributed by atoms with Gasteiger partial charge in [0.05, 0.1) is 3.57 Å². The Morgan fingerprint density at radius 1 is 0.870 bits per heavy atom. The molecule has 3 rings (SSSR count). The molecule has 0 fully saturated rings. The van der Waals surface area contributed by atoms with Crippen LogP contribution in [-0.2, 0) is 20.2 Å². The van der Waals surface area contributed by atoms with Crippen LogP contribution < -0.4 is 8.37 Å². The van der Waals surface area contributed by atoms with Crippen LogP contribution in [0.15, 0.2) is 40.1 Å². The first-order chi connectivity index (χ1) is 10.6. The fourth-order valence-corrected chi connectivity index (χ4v) is 7.73. The second kappa shape index (κ2) is 5.63. The summed E-state index contributed by atoms with van der Waals surface area (Å²) in [5.41, 5.74) is 0. The Morgan fingerprint density at radius 3 is 1.87 bits per heavy atom. The van der Waals surface area contributed by atoms with Gasteiger partial charge in [-0.3, -0.25) is 0 Å². The molecule has 2 aromatic rings. The van der Waals surface area contributed by atoms with Crippen molar-refractivity contribution >= 4 is 65.4 Å². The van der Waals surface area contributed by atoms with Crippen molar-refractivity contribution in [3.63, 3.8) is 0 Å². The molecule has 23 heavy (non-hydrogen) atoms. The molecule has 0 spiro atoms. The molecule has 0 unspecified atom stereocenters. The zero-order valence-corrected chi connectivity index (χ0v) is 16.8. The number of para-hydroxylation sites is 2. The van der Waals surface area contributed by atoms with E-state index in [9.17, 15) is 21.9 Å². The minimum Gasteiger partial charge on any atom is -0.507 e. The number of fused-ring (bicyclic) bond motifs is 2. The molecular formula is C12H6I2O7S2. The Kier molecular flexibility index (Phi) is 4.17. The average molecular weight is 580 g/mol. The summed E-state index contributed by atoms with van der Waals surface area (Å²) in [6.07, 6.45) is 0. The molecule has 7 nitrogen and oxygen atoms in total. The van der Waals surface area contributed by atoms with Crippen molar-refractivity contribution in [2.75, 3.05) is 0 Å². The van der Waals surface area contributed by atoms with Crippen molar-refractivity contribution in [3.05, 3.63) is 37.5 Å². The summed E-state index contributed by atoms with van der Waals surface area (Å²) >= 11 is 3.16. The molecular weight excluding hydrogens is 574 g/mol. The van der Waals surface area contributed by atoms with Crippen molar-refractivity contribution < 1.29 is 30.3 Å². The number of halogens is 2. The van der Waals surface area contributed by atoms with E-state index in [1.807, 2.05) is 0 Å². The SMILES string of the molecule is O=S1(=O)Oc2ccccc2OS(=O)(=O)c2c(I)c(O)cc(I)c21. The fourth-order valence-electron chi connectivity index (χ4n) is 1.94. The molecule has 0 aromatic heterocycles. The smallest absolute Gasteiger partial charge is 0.342 e. The van der Waals surface area contributed by atoms with Gasteiger partial charge < -0.3 is 13.5 Å². The van der Waals surface area contributed by atoms with E-state index in [1.165, 1.54) is 24.3 Å². The van der Waals surface area contributed by atoms with Crippen LogP contribution in [0.2, 0.25) is 0 Å². The van der Waals surface area contributed by atoms with E-state index >= 15 is 0 Å². The minimum absolute atomic E-state index is 0.00192. The maximum atomic E-state index is 12.6. The molecule has 2 aromatic carbocycles. The first-order valence-corrected chi connectivity index (χ1v) is 10.8. The lowest BCUT2D eigenvalue weighted by molar-refractivity contribution is 0.430. The van der Waals surface area contributed by atoms with Crippen molar-refractivity contribution in [2.45, 2.75) is 9.79 Å². The van der Waals surface area contributed by atoms with Crippen molar-refractivity contribution in [1.29, 1.82) is 0 Å². The fraction of sp³-hybridized carbons (Fsp3) is 0. The molecule has 1 aliphatic rings. The molecule has 0 aliphatic carbocycles. The van der Waals surface area contributed by atoms with Crippen molar-refractivity contribution in [2.24, 2.45) is 0 Å². The third-order valence-corrected chi connectivity index (χ3v) is 8.29. The van der Waals surface area contributed by atoms with Crippen LogP contribution in [0.3, 0.4) is 0 Å². The van der Waals surface area contributed by atoms with E-state index in [4.69, 9.17) is 8.37 Å². The predicted molar refractivity (Wildman–Crippen MR) is 95.6 cm³/mol. The molecule has 122 valence electrons. The summed E-state index contributed by atoms with van der Waals surface area (Å²) in [4.78, 5) is -1.20. The number of benzene rings is 2. The normalized spacial score (nSPS) is 17.7. The van der Waals surface area contributed by atoms with E-state index in [1.54, 1.807) is 45.2 Å². The first kappa shape index (κ1) is 17.0. The van der Waals surface area contributed by atoms with Gasteiger partial charge in [-0.25, -0.2) is 0 Å². The number of hydrogen-bond acceptors (Lipinski definition) is 7. The van der Waals surface area contributed by atoms with E-state index in [-0.39, 0.29) is 24.4 Å². The Labute approximate surface area is 159 Å². The quantitative estimate of drug-likeness (QED) is 0.377. The largest absolute Gasteiger partial charge is 0.507 e. The van der Waals surface area contributed by atoms with Crippen LogP contribution >= 0.6 is 45.2 Å². The third kappa shape index (κ3) is 2.87. The molecule has 0 amide bonds. The highest BCUT2D eigenvalue weighted by atomic mass is 127. The maximum absolute atomic E-state index is 12.6. The van der Waals surface area contributed by atoms with Crippen LogP contribution in [0.25, 0.3) is 0 Å².